The Morgan fingerprint density at radius 3 is 2.68 bits per heavy atom. The Labute approximate surface area is 114 Å². The molecule has 0 spiro atoms. The molecule has 0 bridgehead atoms. The van der Waals surface area contributed by atoms with Crippen LogP contribution in [0.5, 0.6) is 11.5 Å². The van der Waals surface area contributed by atoms with Crippen molar-refractivity contribution in [3.05, 3.63) is 46.5 Å². The monoisotopic (exact) mass is 278 g/mol. The fourth-order valence-electron chi connectivity index (χ4n) is 1.71. The number of hydrogen-bond acceptors (Lipinski definition) is 4. The van der Waals surface area contributed by atoms with Crippen molar-refractivity contribution in [3.8, 4) is 11.5 Å². The first-order chi connectivity index (χ1) is 8.97. The lowest BCUT2D eigenvalue weighted by molar-refractivity contribution is 0.0692. The molecule has 5 nitrogen and oxygen atoms in total. The molecule has 0 fully saturated rings. The second-order valence-corrected chi connectivity index (χ2v) is 4.40. The average Bonchev–Trinajstić information content (AvgIpc) is 2.26. The van der Waals surface area contributed by atoms with E-state index < -0.39 is 5.97 Å². The van der Waals surface area contributed by atoms with E-state index in [-0.39, 0.29) is 11.3 Å². The number of aromatic nitrogens is 2. The van der Waals surface area contributed by atoms with Gasteiger partial charge in [-0.3, -0.25) is 9.97 Å². The molecular weight excluding hydrogens is 268 g/mol. The molecule has 0 aliphatic heterocycles. The molecule has 0 saturated carbocycles. The maximum atomic E-state index is 11.2. The Balaban J connectivity index is 2.47. The SMILES string of the molecule is Cc1cc(Oc2cncc(Cl)c2)c(C(=O)O)c(C)n1. The first-order valence-corrected chi connectivity index (χ1v) is 5.85. The van der Waals surface area contributed by atoms with Crippen molar-refractivity contribution in [2.24, 2.45) is 0 Å². The highest BCUT2D eigenvalue weighted by molar-refractivity contribution is 6.30. The van der Waals surface area contributed by atoms with Gasteiger partial charge in [0.05, 0.1) is 16.9 Å². The third-order valence-corrected chi connectivity index (χ3v) is 2.62. The number of rotatable bonds is 3. The smallest absolute Gasteiger partial charge is 0.341 e. The minimum absolute atomic E-state index is 0.0329. The predicted molar refractivity (Wildman–Crippen MR) is 70.0 cm³/mol. The fourth-order valence-corrected chi connectivity index (χ4v) is 1.87. The van der Waals surface area contributed by atoms with E-state index in [0.29, 0.717) is 22.2 Å². The molecule has 0 aliphatic carbocycles. The van der Waals surface area contributed by atoms with Crippen molar-refractivity contribution in [1.82, 2.24) is 9.97 Å². The van der Waals surface area contributed by atoms with Gasteiger partial charge in [0.1, 0.15) is 17.1 Å². The maximum absolute atomic E-state index is 11.2. The summed E-state index contributed by atoms with van der Waals surface area (Å²) in [6.07, 6.45) is 2.93. The zero-order valence-corrected chi connectivity index (χ0v) is 11.1. The number of pyridine rings is 2. The number of carboxylic acids is 1. The summed E-state index contributed by atoms with van der Waals surface area (Å²) in [6.45, 7) is 3.39. The third-order valence-electron chi connectivity index (χ3n) is 2.41. The van der Waals surface area contributed by atoms with Gasteiger partial charge in [-0.2, -0.15) is 0 Å². The van der Waals surface area contributed by atoms with E-state index in [2.05, 4.69) is 9.97 Å². The quantitative estimate of drug-likeness (QED) is 0.933. The number of ether oxygens (including phenoxy) is 1. The number of carbonyl (C=O) groups is 1. The summed E-state index contributed by atoms with van der Waals surface area (Å²) in [7, 11) is 0. The Morgan fingerprint density at radius 2 is 2.05 bits per heavy atom. The normalized spacial score (nSPS) is 10.3. The fraction of sp³-hybridized carbons (Fsp3) is 0.154. The molecule has 2 rings (SSSR count). The van der Waals surface area contributed by atoms with E-state index in [0.717, 1.165) is 0 Å². The minimum Gasteiger partial charge on any atom is -0.477 e. The van der Waals surface area contributed by atoms with Gasteiger partial charge in [-0.15, -0.1) is 0 Å². The summed E-state index contributed by atoms with van der Waals surface area (Å²) >= 11 is 5.80. The van der Waals surface area contributed by atoms with Crippen molar-refractivity contribution in [2.75, 3.05) is 0 Å². The highest BCUT2D eigenvalue weighted by atomic mass is 35.5. The molecule has 0 atom stereocenters. The van der Waals surface area contributed by atoms with Crippen LogP contribution in [0.2, 0.25) is 5.02 Å². The van der Waals surface area contributed by atoms with Crippen LogP contribution in [-0.4, -0.2) is 21.0 Å². The molecule has 98 valence electrons. The van der Waals surface area contributed by atoms with E-state index in [1.165, 1.54) is 12.4 Å². The standard InChI is InChI=1S/C13H11ClN2O3/c1-7-3-11(12(13(17)18)8(2)16-7)19-10-4-9(14)5-15-6-10/h3-6H,1-2H3,(H,17,18). The maximum Gasteiger partial charge on any atom is 0.341 e. The molecular formula is C13H11ClN2O3. The molecule has 0 saturated heterocycles. The van der Waals surface area contributed by atoms with Crippen LogP contribution in [0.3, 0.4) is 0 Å². The number of hydrogen-bond donors (Lipinski definition) is 1. The summed E-state index contributed by atoms with van der Waals surface area (Å²) in [5.41, 5.74) is 1.11. The van der Waals surface area contributed by atoms with Gasteiger partial charge in [0, 0.05) is 24.0 Å². The lowest BCUT2D eigenvalue weighted by Crippen LogP contribution is -2.06. The van der Waals surface area contributed by atoms with Gasteiger partial charge < -0.3 is 9.84 Å². The first kappa shape index (κ1) is 13.3. The number of aryl methyl sites for hydroxylation is 2. The number of aromatic carboxylic acids is 1. The van der Waals surface area contributed by atoms with Gasteiger partial charge in [-0.1, -0.05) is 11.6 Å². The van der Waals surface area contributed by atoms with Gasteiger partial charge in [0.15, 0.2) is 0 Å². The summed E-state index contributed by atoms with van der Waals surface area (Å²) < 4.78 is 5.55. The summed E-state index contributed by atoms with van der Waals surface area (Å²) in [5.74, 6) is -0.489. The van der Waals surface area contributed by atoms with E-state index in [9.17, 15) is 9.90 Å². The van der Waals surface area contributed by atoms with Crippen LogP contribution in [0, 0.1) is 13.8 Å². The zero-order valence-electron chi connectivity index (χ0n) is 10.3. The molecule has 1 N–H and O–H groups in total. The molecule has 2 heterocycles. The number of halogens is 1. The van der Waals surface area contributed by atoms with E-state index in [1.54, 1.807) is 26.0 Å². The molecule has 19 heavy (non-hydrogen) atoms. The predicted octanol–water partition coefficient (Wildman–Crippen LogP) is 3.24. The van der Waals surface area contributed by atoms with Crippen LogP contribution in [0.1, 0.15) is 21.7 Å². The molecule has 0 amide bonds. The Bertz CT molecular complexity index is 644. The molecule has 0 radical (unpaired) electrons. The van der Waals surface area contributed by atoms with Gasteiger partial charge in [0.2, 0.25) is 0 Å². The second kappa shape index (κ2) is 5.24. The van der Waals surface area contributed by atoms with Crippen LogP contribution in [0.25, 0.3) is 0 Å². The van der Waals surface area contributed by atoms with E-state index in [4.69, 9.17) is 16.3 Å². The summed E-state index contributed by atoms with van der Waals surface area (Å²) in [4.78, 5) is 19.2. The largest absolute Gasteiger partial charge is 0.477 e. The Morgan fingerprint density at radius 1 is 1.32 bits per heavy atom. The molecule has 6 heteroatoms. The molecule has 0 aliphatic rings. The zero-order chi connectivity index (χ0) is 14.0. The molecule has 2 aromatic heterocycles. The lowest BCUT2D eigenvalue weighted by atomic mass is 10.1. The topological polar surface area (TPSA) is 72.3 Å². The van der Waals surface area contributed by atoms with E-state index in [1.807, 2.05) is 0 Å². The van der Waals surface area contributed by atoms with Crippen LogP contribution in [0.4, 0.5) is 0 Å². The van der Waals surface area contributed by atoms with Gasteiger partial charge in [-0.05, 0) is 13.8 Å². The number of nitrogens with zero attached hydrogens (tertiary/aromatic N) is 2. The van der Waals surface area contributed by atoms with E-state index >= 15 is 0 Å². The summed E-state index contributed by atoms with van der Waals surface area (Å²) in [6, 6.07) is 3.13. The van der Waals surface area contributed by atoms with Gasteiger partial charge in [0.25, 0.3) is 0 Å². The van der Waals surface area contributed by atoms with Crippen LogP contribution in [-0.2, 0) is 0 Å². The highest BCUT2D eigenvalue weighted by Crippen LogP contribution is 2.28. The average molecular weight is 279 g/mol. The molecule has 0 unspecified atom stereocenters. The third kappa shape index (κ3) is 3.00. The lowest BCUT2D eigenvalue weighted by Gasteiger charge is -2.11. The van der Waals surface area contributed by atoms with Crippen LogP contribution in [0.15, 0.2) is 24.5 Å². The molecule has 0 aromatic carbocycles. The number of carboxylic acid groups (broad SMARTS) is 1. The van der Waals surface area contributed by atoms with Gasteiger partial charge in [-0.25, -0.2) is 4.79 Å². The second-order valence-electron chi connectivity index (χ2n) is 3.97. The van der Waals surface area contributed by atoms with Crippen molar-refractivity contribution < 1.29 is 14.6 Å². The summed E-state index contributed by atoms with van der Waals surface area (Å²) in [5, 5.41) is 9.62. The van der Waals surface area contributed by atoms with Crippen molar-refractivity contribution in [2.45, 2.75) is 13.8 Å². The van der Waals surface area contributed by atoms with Gasteiger partial charge >= 0.3 is 5.97 Å². The highest BCUT2D eigenvalue weighted by Gasteiger charge is 2.17. The van der Waals surface area contributed by atoms with Crippen molar-refractivity contribution >= 4 is 17.6 Å². The Kier molecular flexibility index (Phi) is 3.66. The van der Waals surface area contributed by atoms with Crippen LogP contribution >= 0.6 is 11.6 Å². The minimum atomic E-state index is -1.09. The first-order valence-electron chi connectivity index (χ1n) is 5.47. The Hall–Kier alpha value is -2.14. The van der Waals surface area contributed by atoms with Crippen LogP contribution < -0.4 is 4.74 Å². The van der Waals surface area contributed by atoms with Crippen molar-refractivity contribution in [1.29, 1.82) is 0 Å². The molecule has 2 aromatic rings. The van der Waals surface area contributed by atoms with Crippen molar-refractivity contribution in [3.63, 3.8) is 0 Å².